The highest BCUT2D eigenvalue weighted by Crippen LogP contribution is 2.45. The molecule has 1 aromatic rings. The Morgan fingerprint density at radius 3 is 2.51 bits per heavy atom. The van der Waals surface area contributed by atoms with Crippen molar-refractivity contribution in [1.29, 1.82) is 0 Å². The van der Waals surface area contributed by atoms with Crippen LogP contribution in [0.3, 0.4) is 0 Å². The Bertz CT molecular complexity index is 1150. The molecule has 0 aromatic heterocycles. The van der Waals surface area contributed by atoms with Crippen LogP contribution in [0.15, 0.2) is 28.4 Å². The van der Waals surface area contributed by atoms with Crippen LogP contribution in [-0.4, -0.2) is 72.1 Å². The summed E-state index contributed by atoms with van der Waals surface area (Å²) < 4.78 is 14.0. The zero-order chi connectivity index (χ0) is 26.3. The molecule has 7 nitrogen and oxygen atoms in total. The number of aliphatic imine (C=N–C) groups is 1. The monoisotopic (exact) mass is 509 g/mol. The summed E-state index contributed by atoms with van der Waals surface area (Å²) in [7, 11) is 0. The van der Waals surface area contributed by atoms with Crippen LogP contribution in [-0.2, 0) is 9.59 Å². The minimum absolute atomic E-state index is 0.0384. The Balaban J connectivity index is 1.28. The lowest BCUT2D eigenvalue weighted by Crippen LogP contribution is -2.57. The van der Waals surface area contributed by atoms with E-state index in [1.54, 1.807) is 6.07 Å². The molecule has 5 rings (SSSR count). The van der Waals surface area contributed by atoms with Crippen LogP contribution in [0.5, 0.6) is 0 Å². The van der Waals surface area contributed by atoms with Gasteiger partial charge in [-0.2, -0.15) is 0 Å². The van der Waals surface area contributed by atoms with Crippen molar-refractivity contribution in [2.75, 3.05) is 44.2 Å². The summed E-state index contributed by atoms with van der Waals surface area (Å²) in [5.41, 5.74) is 11.0. The Morgan fingerprint density at radius 2 is 1.81 bits per heavy atom. The van der Waals surface area contributed by atoms with Gasteiger partial charge >= 0.3 is 0 Å². The third kappa shape index (κ3) is 4.87. The number of carbonyl (C=O) groups is 2. The molecule has 0 unspecified atom stereocenters. The molecule has 2 saturated heterocycles. The van der Waals surface area contributed by atoms with Gasteiger partial charge in [0.2, 0.25) is 5.91 Å². The maximum absolute atomic E-state index is 14.0. The van der Waals surface area contributed by atoms with Crippen molar-refractivity contribution in [3.63, 3.8) is 0 Å². The predicted octanol–water partition coefficient (Wildman–Crippen LogP) is 3.72. The molecule has 37 heavy (non-hydrogen) atoms. The molecule has 2 aliphatic carbocycles. The maximum Gasteiger partial charge on any atom is 0.270 e. The molecule has 1 atom stereocenters. The van der Waals surface area contributed by atoms with E-state index in [9.17, 15) is 14.0 Å². The van der Waals surface area contributed by atoms with E-state index in [2.05, 4.69) is 11.8 Å². The van der Waals surface area contributed by atoms with Crippen LogP contribution < -0.4 is 10.6 Å². The van der Waals surface area contributed by atoms with E-state index in [0.29, 0.717) is 17.8 Å². The second kappa shape index (κ2) is 10.1. The van der Waals surface area contributed by atoms with Crippen molar-refractivity contribution < 1.29 is 14.0 Å². The highest BCUT2D eigenvalue weighted by Gasteiger charge is 2.53. The highest BCUT2D eigenvalue weighted by atomic mass is 19.1. The summed E-state index contributed by atoms with van der Waals surface area (Å²) in [5, 5.41) is 0. The van der Waals surface area contributed by atoms with Crippen molar-refractivity contribution in [2.24, 2.45) is 16.6 Å². The first-order chi connectivity index (χ1) is 17.7. The maximum atomic E-state index is 14.0. The van der Waals surface area contributed by atoms with Gasteiger partial charge in [0.25, 0.3) is 5.91 Å². The van der Waals surface area contributed by atoms with Crippen molar-refractivity contribution in [1.82, 2.24) is 9.80 Å². The fourth-order valence-electron chi connectivity index (χ4n) is 6.39. The van der Waals surface area contributed by atoms with E-state index in [4.69, 9.17) is 10.7 Å². The lowest BCUT2D eigenvalue weighted by molar-refractivity contribution is -0.133. The molecular weight excluding hydrogens is 469 g/mol. The molecule has 0 bridgehead atoms. The smallest absolute Gasteiger partial charge is 0.270 e. The average Bonchev–Trinajstić information content (AvgIpc) is 3.56. The van der Waals surface area contributed by atoms with E-state index in [1.807, 2.05) is 29.7 Å². The molecule has 4 aliphatic rings. The van der Waals surface area contributed by atoms with Gasteiger partial charge in [-0.1, -0.05) is 6.92 Å². The topological polar surface area (TPSA) is 82.2 Å². The predicted molar refractivity (Wildman–Crippen MR) is 144 cm³/mol. The van der Waals surface area contributed by atoms with Crippen LogP contribution in [0.1, 0.15) is 63.0 Å². The molecule has 200 valence electrons. The lowest BCUT2D eigenvalue weighted by atomic mass is 10.0. The number of piperazine rings is 1. The first-order valence-electron chi connectivity index (χ1n) is 13.9. The molecule has 8 heteroatoms. The van der Waals surface area contributed by atoms with Crippen molar-refractivity contribution >= 4 is 23.2 Å². The Hall–Kier alpha value is -2.90. The quantitative estimate of drug-likeness (QED) is 0.628. The molecule has 1 aromatic carbocycles. The zero-order valence-electron chi connectivity index (χ0n) is 22.5. The van der Waals surface area contributed by atoms with Gasteiger partial charge in [0.05, 0.1) is 5.54 Å². The van der Waals surface area contributed by atoms with Crippen LogP contribution in [0.2, 0.25) is 0 Å². The minimum Gasteiger partial charge on any atom is -0.394 e. The van der Waals surface area contributed by atoms with Crippen molar-refractivity contribution in [3.8, 4) is 0 Å². The second-order valence-corrected chi connectivity index (χ2v) is 11.4. The molecule has 2 aliphatic heterocycles. The SMILES string of the molecule is Cc1c(F)ccc(N2CCN(C(=O)CN=C3CC[C@H](C)/C3=C(/N)C(=O)N3CCCCC3)C3(CC3)C2)c1C. The van der Waals surface area contributed by atoms with Gasteiger partial charge in [-0.15, -0.1) is 0 Å². The van der Waals surface area contributed by atoms with Gasteiger partial charge in [0.1, 0.15) is 18.1 Å². The highest BCUT2D eigenvalue weighted by molar-refractivity contribution is 6.10. The number of amides is 2. The van der Waals surface area contributed by atoms with E-state index in [-0.39, 0.29) is 35.6 Å². The van der Waals surface area contributed by atoms with Crippen LogP contribution >= 0.6 is 0 Å². The average molecular weight is 510 g/mol. The second-order valence-electron chi connectivity index (χ2n) is 11.4. The van der Waals surface area contributed by atoms with Gasteiger partial charge in [-0.25, -0.2) is 4.39 Å². The van der Waals surface area contributed by atoms with Crippen LogP contribution in [0, 0.1) is 25.6 Å². The fraction of sp³-hybridized carbons (Fsp3) is 0.621. The number of allylic oxidation sites excluding steroid dienone is 1. The van der Waals surface area contributed by atoms with Gasteiger partial charge in [0.15, 0.2) is 0 Å². The van der Waals surface area contributed by atoms with Gasteiger partial charge in [-0.3, -0.25) is 14.6 Å². The van der Waals surface area contributed by atoms with Crippen LogP contribution in [0.25, 0.3) is 0 Å². The number of hydrogen-bond acceptors (Lipinski definition) is 5. The molecule has 4 fully saturated rings. The Morgan fingerprint density at radius 1 is 1.08 bits per heavy atom. The Kier molecular flexibility index (Phi) is 7.03. The number of benzene rings is 1. The number of nitrogens with two attached hydrogens (primary N) is 1. The van der Waals surface area contributed by atoms with Gasteiger partial charge in [-0.05, 0) is 88.0 Å². The zero-order valence-corrected chi connectivity index (χ0v) is 22.5. The molecule has 0 radical (unpaired) electrons. The normalized spacial score (nSPS) is 25.7. The number of rotatable bonds is 4. The minimum atomic E-state index is -0.178. The summed E-state index contributed by atoms with van der Waals surface area (Å²) in [6.07, 6.45) is 6.80. The lowest BCUT2D eigenvalue weighted by Gasteiger charge is -2.43. The molecule has 2 N–H and O–H groups in total. The summed E-state index contributed by atoms with van der Waals surface area (Å²) >= 11 is 0. The van der Waals surface area contributed by atoms with E-state index in [0.717, 1.165) is 93.7 Å². The molecule has 2 amide bonds. The number of nitrogens with zero attached hydrogens (tertiary/aromatic N) is 4. The largest absolute Gasteiger partial charge is 0.394 e. The number of anilines is 1. The van der Waals surface area contributed by atoms with E-state index in [1.165, 1.54) is 0 Å². The van der Waals surface area contributed by atoms with E-state index >= 15 is 0 Å². The number of halogens is 1. The fourth-order valence-corrected chi connectivity index (χ4v) is 6.39. The third-order valence-electron chi connectivity index (χ3n) is 9.00. The molecule has 2 heterocycles. The standard InChI is InChI=1S/C29H40FN5O2/c1-19-7-9-23(26(19)27(31)28(37)33-13-5-4-6-14-33)32-17-25(36)35-16-15-34(18-29(35)11-12-29)24-10-8-22(30)20(2)21(24)3/h8,10,19H,4-7,9,11-18,31H2,1-3H3/b27-26-,32-23?/t19-/m0/s1. The summed E-state index contributed by atoms with van der Waals surface area (Å²) in [4.78, 5) is 37.4. The molecular formula is C29H40FN5O2. The van der Waals surface area contributed by atoms with Crippen LogP contribution in [0.4, 0.5) is 10.1 Å². The third-order valence-corrected chi connectivity index (χ3v) is 9.00. The number of carbonyl (C=O) groups excluding carboxylic acids is 2. The number of piperidine rings is 1. The summed E-state index contributed by atoms with van der Waals surface area (Å²) in [5.74, 6) is -0.0510. The van der Waals surface area contributed by atoms with Gasteiger partial charge < -0.3 is 20.4 Å². The summed E-state index contributed by atoms with van der Waals surface area (Å²) in [6.45, 7) is 9.61. The summed E-state index contributed by atoms with van der Waals surface area (Å²) in [6, 6.07) is 3.40. The first-order valence-corrected chi connectivity index (χ1v) is 13.9. The molecule has 2 saturated carbocycles. The Labute approximate surface area is 219 Å². The van der Waals surface area contributed by atoms with E-state index < -0.39 is 0 Å². The van der Waals surface area contributed by atoms with Gasteiger partial charge in [0, 0.05) is 49.7 Å². The van der Waals surface area contributed by atoms with Crippen molar-refractivity contribution in [2.45, 2.75) is 71.3 Å². The number of hydrogen-bond donors (Lipinski definition) is 1. The molecule has 1 spiro atoms. The van der Waals surface area contributed by atoms with Crippen molar-refractivity contribution in [3.05, 3.63) is 40.3 Å². The first kappa shape index (κ1) is 25.7. The number of likely N-dealkylation sites (tertiary alicyclic amines) is 1.